The molecule has 1 N–H and O–H groups in total. The first-order valence-electron chi connectivity index (χ1n) is 7.68. The van der Waals surface area contributed by atoms with Crippen molar-refractivity contribution in [3.05, 3.63) is 58.1 Å². The normalized spacial score (nSPS) is 11.2. The minimum Gasteiger partial charge on any atom is -0.336 e. The van der Waals surface area contributed by atoms with Crippen LogP contribution in [0.15, 0.2) is 41.5 Å². The second-order valence-electron chi connectivity index (χ2n) is 6.02. The Balaban J connectivity index is 2.15. The molecule has 23 heavy (non-hydrogen) atoms. The van der Waals surface area contributed by atoms with Crippen LogP contribution in [0.3, 0.4) is 0 Å². The number of hydrogen-bond donors (Lipinski definition) is 1. The topological polar surface area (TPSA) is 59.8 Å². The lowest BCUT2D eigenvalue weighted by molar-refractivity contribution is 0.598. The number of aromatic nitrogens is 3. The van der Waals surface area contributed by atoms with Crippen molar-refractivity contribution in [1.29, 1.82) is 0 Å². The Morgan fingerprint density at radius 1 is 1.13 bits per heavy atom. The maximum Gasteiger partial charge on any atom is 0.294 e. The number of anilines is 2. The molecule has 0 aliphatic carbocycles. The Morgan fingerprint density at radius 3 is 2.61 bits per heavy atom. The lowest BCUT2D eigenvalue weighted by atomic mass is 10.1. The Kier molecular flexibility index (Phi) is 3.86. The van der Waals surface area contributed by atoms with Gasteiger partial charge in [-0.25, -0.2) is 4.98 Å². The summed E-state index contributed by atoms with van der Waals surface area (Å²) in [5, 5.41) is 3.16. The van der Waals surface area contributed by atoms with Crippen molar-refractivity contribution in [2.45, 2.75) is 33.7 Å². The highest BCUT2D eigenvalue weighted by Crippen LogP contribution is 2.19. The van der Waals surface area contributed by atoms with Gasteiger partial charge in [-0.15, -0.1) is 0 Å². The molecule has 0 radical (unpaired) electrons. The molecule has 0 amide bonds. The fourth-order valence-corrected chi connectivity index (χ4v) is 2.60. The standard InChI is InChI=1S/C18H20N4O/c1-11(2)22-16-10-19-8-7-15(16)21-17(18(22)23)20-14-6-5-12(3)13(4)9-14/h5-11H,1-4H3,(H,20,21). The van der Waals surface area contributed by atoms with Crippen LogP contribution in [0, 0.1) is 13.8 Å². The van der Waals surface area contributed by atoms with Gasteiger partial charge in [0.15, 0.2) is 5.82 Å². The zero-order valence-corrected chi connectivity index (χ0v) is 13.8. The van der Waals surface area contributed by atoms with Crippen LogP contribution in [0.1, 0.15) is 31.0 Å². The average Bonchev–Trinajstić information content (AvgIpc) is 2.51. The van der Waals surface area contributed by atoms with Crippen molar-refractivity contribution >= 4 is 22.5 Å². The van der Waals surface area contributed by atoms with Crippen LogP contribution in [0.2, 0.25) is 0 Å². The van der Waals surface area contributed by atoms with Crippen molar-refractivity contribution in [3.63, 3.8) is 0 Å². The van der Waals surface area contributed by atoms with Gasteiger partial charge in [0.1, 0.15) is 0 Å². The monoisotopic (exact) mass is 308 g/mol. The van der Waals surface area contributed by atoms with Crippen LogP contribution in [0.25, 0.3) is 11.0 Å². The highest BCUT2D eigenvalue weighted by molar-refractivity contribution is 5.76. The smallest absolute Gasteiger partial charge is 0.294 e. The van der Waals surface area contributed by atoms with Crippen LogP contribution >= 0.6 is 0 Å². The van der Waals surface area contributed by atoms with E-state index < -0.39 is 0 Å². The molecule has 2 aromatic heterocycles. The van der Waals surface area contributed by atoms with Crippen molar-refractivity contribution in [2.24, 2.45) is 0 Å². The van der Waals surface area contributed by atoms with Crippen LogP contribution < -0.4 is 10.9 Å². The highest BCUT2D eigenvalue weighted by Gasteiger charge is 2.13. The second-order valence-corrected chi connectivity index (χ2v) is 6.02. The molecule has 3 aromatic rings. The number of aryl methyl sites for hydroxylation is 2. The largest absolute Gasteiger partial charge is 0.336 e. The third-order valence-electron chi connectivity index (χ3n) is 3.98. The van der Waals surface area contributed by atoms with E-state index in [2.05, 4.69) is 22.2 Å². The lowest BCUT2D eigenvalue weighted by Gasteiger charge is -2.16. The molecule has 0 fully saturated rings. The molecule has 0 saturated heterocycles. The summed E-state index contributed by atoms with van der Waals surface area (Å²) in [7, 11) is 0. The van der Waals surface area contributed by atoms with E-state index in [1.165, 1.54) is 11.1 Å². The van der Waals surface area contributed by atoms with Gasteiger partial charge in [0.05, 0.1) is 17.2 Å². The summed E-state index contributed by atoms with van der Waals surface area (Å²) >= 11 is 0. The Hall–Kier alpha value is -2.69. The highest BCUT2D eigenvalue weighted by atomic mass is 16.1. The fourth-order valence-electron chi connectivity index (χ4n) is 2.60. The summed E-state index contributed by atoms with van der Waals surface area (Å²) in [4.78, 5) is 21.4. The third-order valence-corrected chi connectivity index (χ3v) is 3.98. The molecule has 0 unspecified atom stereocenters. The quantitative estimate of drug-likeness (QED) is 0.801. The van der Waals surface area contributed by atoms with Gasteiger partial charge in [0.25, 0.3) is 5.56 Å². The summed E-state index contributed by atoms with van der Waals surface area (Å²) in [6.45, 7) is 8.07. The number of pyridine rings is 1. The molecule has 0 spiro atoms. The van der Waals surface area contributed by atoms with Gasteiger partial charge in [-0.2, -0.15) is 0 Å². The molecule has 5 nitrogen and oxygen atoms in total. The zero-order valence-electron chi connectivity index (χ0n) is 13.8. The van der Waals surface area contributed by atoms with Gasteiger partial charge in [-0.05, 0) is 57.0 Å². The summed E-state index contributed by atoms with van der Waals surface area (Å²) in [6.07, 6.45) is 3.37. The van der Waals surface area contributed by atoms with Gasteiger partial charge in [0, 0.05) is 17.9 Å². The molecule has 0 aliphatic heterocycles. The van der Waals surface area contributed by atoms with E-state index in [1.54, 1.807) is 17.0 Å². The van der Waals surface area contributed by atoms with Crippen molar-refractivity contribution in [3.8, 4) is 0 Å². The predicted octanol–water partition coefficient (Wildman–Crippen LogP) is 3.73. The SMILES string of the molecule is Cc1ccc(Nc2nc3ccncc3n(C(C)C)c2=O)cc1C. The molecule has 118 valence electrons. The number of rotatable bonds is 3. The number of nitrogens with zero attached hydrogens (tertiary/aromatic N) is 3. The maximum absolute atomic E-state index is 12.8. The number of nitrogens with one attached hydrogen (secondary N) is 1. The van der Waals surface area contributed by atoms with Crippen molar-refractivity contribution in [1.82, 2.24) is 14.5 Å². The Morgan fingerprint density at radius 2 is 1.91 bits per heavy atom. The van der Waals surface area contributed by atoms with Crippen molar-refractivity contribution < 1.29 is 0 Å². The Labute approximate surface area is 135 Å². The molecule has 0 aliphatic rings. The summed E-state index contributed by atoms with van der Waals surface area (Å²) < 4.78 is 1.72. The first-order valence-corrected chi connectivity index (χ1v) is 7.68. The molecule has 5 heteroatoms. The van der Waals surface area contributed by atoms with Gasteiger partial charge in [0.2, 0.25) is 0 Å². The van der Waals surface area contributed by atoms with Crippen molar-refractivity contribution in [2.75, 3.05) is 5.32 Å². The van der Waals surface area contributed by atoms with Crippen LogP contribution in [-0.4, -0.2) is 14.5 Å². The number of fused-ring (bicyclic) bond motifs is 1. The molecular formula is C18H20N4O. The average molecular weight is 308 g/mol. The van der Waals surface area contributed by atoms with E-state index in [0.717, 1.165) is 16.7 Å². The van der Waals surface area contributed by atoms with Gasteiger partial charge in [-0.1, -0.05) is 6.07 Å². The molecular weight excluding hydrogens is 288 g/mol. The Bertz CT molecular complexity index is 928. The minimum absolute atomic E-state index is 0.0255. The number of benzene rings is 1. The first kappa shape index (κ1) is 15.2. The number of hydrogen-bond acceptors (Lipinski definition) is 4. The van der Waals surface area contributed by atoms with Gasteiger partial charge < -0.3 is 5.32 Å². The van der Waals surface area contributed by atoms with Crippen LogP contribution in [-0.2, 0) is 0 Å². The molecule has 0 atom stereocenters. The fraction of sp³-hybridized carbons (Fsp3) is 0.278. The molecule has 2 heterocycles. The van der Waals surface area contributed by atoms with E-state index in [-0.39, 0.29) is 11.6 Å². The van der Waals surface area contributed by atoms with Gasteiger partial charge in [-0.3, -0.25) is 14.3 Å². The lowest BCUT2D eigenvalue weighted by Crippen LogP contribution is -2.26. The van der Waals surface area contributed by atoms with E-state index >= 15 is 0 Å². The van der Waals surface area contributed by atoms with Gasteiger partial charge >= 0.3 is 0 Å². The molecule has 1 aromatic carbocycles. The van der Waals surface area contributed by atoms with Crippen LogP contribution in [0.4, 0.5) is 11.5 Å². The summed E-state index contributed by atoms with van der Waals surface area (Å²) in [6, 6.07) is 7.85. The minimum atomic E-state index is -0.140. The third kappa shape index (κ3) is 2.82. The molecule has 3 rings (SSSR count). The predicted molar refractivity (Wildman–Crippen MR) is 93.4 cm³/mol. The van der Waals surface area contributed by atoms with Crippen LogP contribution in [0.5, 0.6) is 0 Å². The van der Waals surface area contributed by atoms with E-state index in [0.29, 0.717) is 5.82 Å². The summed E-state index contributed by atoms with van der Waals surface area (Å²) in [5.74, 6) is 0.334. The van der Waals surface area contributed by atoms with E-state index in [4.69, 9.17) is 0 Å². The molecule has 0 saturated carbocycles. The summed E-state index contributed by atoms with van der Waals surface area (Å²) in [5.41, 5.74) is 4.61. The maximum atomic E-state index is 12.8. The second kappa shape index (κ2) is 5.83. The van der Waals surface area contributed by atoms with E-state index in [1.807, 2.05) is 45.0 Å². The first-order chi connectivity index (χ1) is 11.0. The molecule has 0 bridgehead atoms. The zero-order chi connectivity index (χ0) is 16.6. The van der Waals surface area contributed by atoms with E-state index in [9.17, 15) is 4.79 Å².